The van der Waals surface area contributed by atoms with Crippen LogP contribution in [-0.4, -0.2) is 82.3 Å². The SMILES string of the molecule is COc1ccc2c(c1)COCCCCCCCCN(C[C@@H](O)[C@@H](CC(=O)O[C@H]1CCO[C@H]3OCC[C@H]31)Cc1ccccc1)S2(=O)=O. The molecule has 254 valence electrons. The van der Waals surface area contributed by atoms with Crippen molar-refractivity contribution in [2.45, 2.75) is 94.2 Å². The predicted octanol–water partition coefficient (Wildman–Crippen LogP) is 4.86. The first-order chi connectivity index (χ1) is 22.3. The lowest BCUT2D eigenvalue weighted by Gasteiger charge is -2.33. The highest BCUT2D eigenvalue weighted by molar-refractivity contribution is 7.89. The number of nitrogens with zero attached hydrogens (tertiary/aromatic N) is 1. The molecule has 0 radical (unpaired) electrons. The van der Waals surface area contributed by atoms with E-state index in [9.17, 15) is 18.3 Å². The molecular weight excluding hydrogens is 610 g/mol. The van der Waals surface area contributed by atoms with E-state index in [-0.39, 0.29) is 49.3 Å². The van der Waals surface area contributed by atoms with E-state index >= 15 is 0 Å². The van der Waals surface area contributed by atoms with Crippen molar-refractivity contribution in [1.82, 2.24) is 4.31 Å². The minimum atomic E-state index is -4.02. The van der Waals surface area contributed by atoms with Crippen LogP contribution in [0.4, 0.5) is 0 Å². The van der Waals surface area contributed by atoms with Gasteiger partial charge in [-0.25, -0.2) is 8.42 Å². The standard InChI is InChI=1S/C35H49NO9S/c1-41-29-13-14-33-28(22-29)25-42-18-10-5-3-2-4-9-17-36(46(33,39)40)24-31(37)27(21-26-11-7-6-8-12-26)23-34(38)45-32-16-20-44-35-30(32)15-19-43-35/h6-8,11-14,22,27,30-32,35,37H,2-5,9-10,15-21,23-25H2,1H3/t27-,30+,31-,32+,35-/m1/s1. The van der Waals surface area contributed by atoms with Gasteiger partial charge in [-0.3, -0.25) is 4.79 Å². The van der Waals surface area contributed by atoms with Crippen LogP contribution in [0.2, 0.25) is 0 Å². The molecule has 2 aromatic rings. The molecule has 0 saturated carbocycles. The summed E-state index contributed by atoms with van der Waals surface area (Å²) < 4.78 is 58.6. The lowest BCUT2D eigenvalue weighted by molar-refractivity contribution is -0.195. The first-order valence-electron chi connectivity index (χ1n) is 16.7. The van der Waals surface area contributed by atoms with Crippen molar-refractivity contribution in [3.05, 3.63) is 59.7 Å². The third kappa shape index (κ3) is 9.29. The Hall–Kier alpha value is -2.54. The molecule has 2 aromatic carbocycles. The van der Waals surface area contributed by atoms with Crippen molar-refractivity contribution in [2.75, 3.05) is 40.0 Å². The minimum absolute atomic E-state index is 0.00107. The summed E-state index contributed by atoms with van der Waals surface area (Å²) in [6.45, 7) is 1.85. The van der Waals surface area contributed by atoms with Crippen LogP contribution < -0.4 is 4.74 Å². The zero-order valence-corrected chi connectivity index (χ0v) is 27.7. The van der Waals surface area contributed by atoms with Gasteiger partial charge in [0.05, 0.1) is 44.4 Å². The number of carbonyl (C=O) groups excluding carboxylic acids is 1. The molecule has 11 heteroatoms. The highest BCUT2D eigenvalue weighted by atomic mass is 32.2. The summed E-state index contributed by atoms with van der Waals surface area (Å²) in [6.07, 6.45) is 5.57. The topological polar surface area (TPSA) is 121 Å². The van der Waals surface area contributed by atoms with Gasteiger partial charge in [0, 0.05) is 43.5 Å². The third-order valence-corrected chi connectivity index (χ3v) is 11.3. The fourth-order valence-electron chi connectivity index (χ4n) is 6.70. The van der Waals surface area contributed by atoms with Crippen LogP contribution in [0, 0.1) is 11.8 Å². The van der Waals surface area contributed by atoms with Crippen molar-refractivity contribution < 1.29 is 42.0 Å². The Kier molecular flexibility index (Phi) is 12.9. The van der Waals surface area contributed by atoms with E-state index in [1.807, 2.05) is 30.3 Å². The molecule has 0 bridgehead atoms. The average molecular weight is 660 g/mol. The number of β-amino-alcohol motifs (C(OH)–C–C–N with tert-alkyl or cyclic N) is 1. The summed E-state index contributed by atoms with van der Waals surface area (Å²) in [4.78, 5) is 13.5. The molecule has 1 N–H and O–H groups in total. The van der Waals surface area contributed by atoms with E-state index in [1.165, 1.54) is 4.31 Å². The number of aliphatic hydroxyl groups excluding tert-OH is 1. The molecule has 3 aliphatic heterocycles. The summed E-state index contributed by atoms with van der Waals surface area (Å²) >= 11 is 0. The Morgan fingerprint density at radius 2 is 1.72 bits per heavy atom. The summed E-state index contributed by atoms with van der Waals surface area (Å²) in [5, 5.41) is 11.8. The number of fused-ring (bicyclic) bond motifs is 2. The molecule has 3 heterocycles. The Balaban J connectivity index is 1.37. The van der Waals surface area contributed by atoms with Gasteiger partial charge in [0.2, 0.25) is 10.0 Å². The van der Waals surface area contributed by atoms with Gasteiger partial charge >= 0.3 is 5.97 Å². The van der Waals surface area contributed by atoms with E-state index in [1.54, 1.807) is 25.3 Å². The number of hydrogen-bond donors (Lipinski definition) is 1. The molecule has 0 amide bonds. The summed E-state index contributed by atoms with van der Waals surface area (Å²) in [5.41, 5.74) is 1.47. The highest BCUT2D eigenvalue weighted by Gasteiger charge is 2.41. The highest BCUT2D eigenvalue weighted by Crippen LogP contribution is 2.33. The van der Waals surface area contributed by atoms with E-state index in [0.29, 0.717) is 50.4 Å². The second-order valence-corrected chi connectivity index (χ2v) is 14.5. The number of sulfonamides is 1. The summed E-state index contributed by atoms with van der Waals surface area (Å²) in [5.74, 6) is -0.422. The zero-order chi connectivity index (χ0) is 32.4. The maximum Gasteiger partial charge on any atom is 0.306 e. The van der Waals surface area contributed by atoms with Crippen molar-refractivity contribution >= 4 is 16.0 Å². The molecule has 5 atom stereocenters. The van der Waals surface area contributed by atoms with Crippen LogP contribution in [0.15, 0.2) is 53.4 Å². The van der Waals surface area contributed by atoms with Gasteiger partial charge in [0.15, 0.2) is 6.29 Å². The first-order valence-corrected chi connectivity index (χ1v) is 18.2. The molecule has 5 rings (SSSR count). The summed E-state index contributed by atoms with van der Waals surface area (Å²) in [6, 6.07) is 14.5. The Labute approximate surface area is 273 Å². The second-order valence-electron chi connectivity index (χ2n) is 12.6. The quantitative estimate of drug-likeness (QED) is 0.376. The van der Waals surface area contributed by atoms with Crippen LogP contribution in [0.1, 0.15) is 68.9 Å². The fraction of sp³-hybridized carbons (Fsp3) is 0.629. The largest absolute Gasteiger partial charge is 0.497 e. The molecule has 46 heavy (non-hydrogen) atoms. The van der Waals surface area contributed by atoms with Crippen LogP contribution in [0.3, 0.4) is 0 Å². The normalized spacial score (nSPS) is 25.7. The Morgan fingerprint density at radius 1 is 0.978 bits per heavy atom. The number of carbonyl (C=O) groups is 1. The van der Waals surface area contributed by atoms with Gasteiger partial charge in [-0.15, -0.1) is 0 Å². The summed E-state index contributed by atoms with van der Waals surface area (Å²) in [7, 11) is -2.48. The maximum absolute atomic E-state index is 14.3. The number of methoxy groups -OCH3 is 1. The molecule has 3 aliphatic rings. The van der Waals surface area contributed by atoms with Gasteiger partial charge in [-0.05, 0) is 49.4 Å². The Morgan fingerprint density at radius 3 is 2.50 bits per heavy atom. The van der Waals surface area contributed by atoms with E-state index in [2.05, 4.69) is 0 Å². The monoisotopic (exact) mass is 659 g/mol. The van der Waals surface area contributed by atoms with Gasteiger partial charge in [0.1, 0.15) is 11.9 Å². The molecule has 0 aromatic heterocycles. The minimum Gasteiger partial charge on any atom is -0.497 e. The zero-order valence-electron chi connectivity index (χ0n) is 26.9. The average Bonchev–Trinajstić information content (AvgIpc) is 3.55. The first kappa shape index (κ1) is 34.8. The third-order valence-electron chi connectivity index (χ3n) is 9.32. The lowest BCUT2D eigenvalue weighted by atomic mass is 9.90. The second kappa shape index (κ2) is 17.0. The number of rotatable bonds is 9. The van der Waals surface area contributed by atoms with Gasteiger partial charge in [-0.1, -0.05) is 56.0 Å². The van der Waals surface area contributed by atoms with E-state index in [0.717, 1.165) is 44.1 Å². The van der Waals surface area contributed by atoms with Crippen LogP contribution >= 0.6 is 0 Å². The number of esters is 1. The van der Waals surface area contributed by atoms with E-state index < -0.39 is 28.0 Å². The Bertz CT molecular complexity index is 1360. The maximum atomic E-state index is 14.3. The van der Waals surface area contributed by atoms with Gasteiger partial charge in [0.25, 0.3) is 0 Å². The van der Waals surface area contributed by atoms with Crippen molar-refractivity contribution in [3.63, 3.8) is 0 Å². The van der Waals surface area contributed by atoms with Gasteiger partial charge in [-0.2, -0.15) is 4.31 Å². The van der Waals surface area contributed by atoms with Crippen molar-refractivity contribution in [1.29, 1.82) is 0 Å². The molecule has 2 fully saturated rings. The van der Waals surface area contributed by atoms with Gasteiger partial charge < -0.3 is 28.8 Å². The van der Waals surface area contributed by atoms with Crippen LogP contribution in [0.25, 0.3) is 0 Å². The van der Waals surface area contributed by atoms with Crippen molar-refractivity contribution in [2.24, 2.45) is 11.8 Å². The van der Waals surface area contributed by atoms with Crippen molar-refractivity contribution in [3.8, 4) is 5.75 Å². The predicted molar refractivity (Wildman–Crippen MR) is 172 cm³/mol. The van der Waals surface area contributed by atoms with E-state index in [4.69, 9.17) is 23.7 Å². The number of ether oxygens (including phenoxy) is 5. The molecule has 2 saturated heterocycles. The molecule has 0 spiro atoms. The van der Waals surface area contributed by atoms with Crippen LogP contribution in [-0.2, 0) is 46.8 Å². The molecular formula is C35H49NO9S. The number of aliphatic hydroxyl groups is 1. The van der Waals surface area contributed by atoms with Crippen LogP contribution in [0.5, 0.6) is 5.75 Å². The lowest BCUT2D eigenvalue weighted by Crippen LogP contribution is -2.43. The smallest absolute Gasteiger partial charge is 0.306 e. The molecule has 10 nitrogen and oxygen atoms in total. The number of benzene rings is 2. The molecule has 0 aliphatic carbocycles. The fourth-order valence-corrected chi connectivity index (χ4v) is 8.39. The number of hydrogen-bond acceptors (Lipinski definition) is 9. The molecule has 0 unspecified atom stereocenters.